The summed E-state index contributed by atoms with van der Waals surface area (Å²) in [5, 5.41) is 0.122. The van der Waals surface area contributed by atoms with Crippen LogP contribution in [0.3, 0.4) is 0 Å². The first-order chi connectivity index (χ1) is 4.61. The van der Waals surface area contributed by atoms with E-state index in [1.54, 1.807) is 12.1 Å². The summed E-state index contributed by atoms with van der Waals surface area (Å²) in [7, 11) is 0. The first-order valence-corrected chi connectivity index (χ1v) is 4.35. The molecule has 0 aromatic heterocycles. The fourth-order valence-electron chi connectivity index (χ4n) is 0.542. The molecule has 10 heavy (non-hydrogen) atoms. The molecule has 0 aliphatic carbocycles. The van der Waals surface area contributed by atoms with E-state index in [0.717, 1.165) is 3.57 Å². The lowest BCUT2D eigenvalue weighted by atomic mass is 10.3. The lowest BCUT2D eigenvalue weighted by Gasteiger charge is -1.97. The molecule has 0 atom stereocenters. The van der Waals surface area contributed by atoms with E-state index in [0.29, 0.717) is 0 Å². The number of hydrogen-bond donors (Lipinski definition) is 1. The van der Waals surface area contributed by atoms with E-state index in [2.05, 4.69) is 12.6 Å². The first kappa shape index (κ1) is 8.62. The molecule has 0 amide bonds. The lowest BCUT2D eigenvalue weighted by Crippen LogP contribution is -1.81. The monoisotopic (exact) mass is 288 g/mol. The summed E-state index contributed by atoms with van der Waals surface area (Å²) < 4.78 is 13.6. The van der Waals surface area contributed by atoms with Gasteiger partial charge in [0, 0.05) is 8.47 Å². The van der Waals surface area contributed by atoms with Crippen LogP contribution in [0.25, 0.3) is 0 Å². The Balaban J connectivity index is 3.31. The molecule has 0 heterocycles. The van der Waals surface area contributed by atoms with Gasteiger partial charge in [0.15, 0.2) is 5.82 Å². The zero-order valence-corrected chi connectivity index (χ0v) is 8.54. The highest BCUT2D eigenvalue weighted by molar-refractivity contribution is 14.1. The molecule has 0 fully saturated rings. The van der Waals surface area contributed by atoms with Crippen molar-refractivity contribution in [3.8, 4) is 0 Å². The van der Waals surface area contributed by atoms with Crippen molar-refractivity contribution in [1.29, 1.82) is 0 Å². The molecule has 0 aliphatic heterocycles. The van der Waals surface area contributed by atoms with E-state index >= 15 is 0 Å². The Morgan fingerprint density at radius 3 is 2.60 bits per heavy atom. The van der Waals surface area contributed by atoms with Gasteiger partial charge in [0.05, 0.1) is 5.02 Å². The van der Waals surface area contributed by atoms with Gasteiger partial charge in [-0.3, -0.25) is 0 Å². The Labute approximate surface area is 82.3 Å². The molecule has 0 N–H and O–H groups in total. The van der Waals surface area contributed by atoms with Crippen molar-refractivity contribution in [2.24, 2.45) is 0 Å². The second-order valence-corrected chi connectivity index (χ2v) is 3.86. The molecule has 0 nitrogen and oxygen atoms in total. The largest absolute Gasteiger partial charge is 0.204 e. The summed E-state index contributed by atoms with van der Waals surface area (Å²) in [5.41, 5.74) is 0. The molecule has 0 saturated carbocycles. The van der Waals surface area contributed by atoms with Gasteiger partial charge in [0.2, 0.25) is 0 Å². The smallest absolute Gasteiger partial charge is 0.155 e. The fourth-order valence-corrected chi connectivity index (χ4v) is 2.14. The van der Waals surface area contributed by atoms with E-state index in [1.165, 1.54) is 0 Å². The van der Waals surface area contributed by atoms with Crippen LogP contribution < -0.4 is 0 Å². The van der Waals surface area contributed by atoms with E-state index in [4.69, 9.17) is 11.6 Å². The quantitative estimate of drug-likeness (QED) is 0.422. The van der Waals surface area contributed by atoms with Gasteiger partial charge >= 0.3 is 0 Å². The van der Waals surface area contributed by atoms with Crippen molar-refractivity contribution in [1.82, 2.24) is 0 Å². The summed E-state index contributed by atoms with van der Waals surface area (Å²) in [6, 6.07) is 3.17. The zero-order valence-electron chi connectivity index (χ0n) is 4.74. The van der Waals surface area contributed by atoms with Gasteiger partial charge in [0.1, 0.15) is 0 Å². The van der Waals surface area contributed by atoms with Crippen molar-refractivity contribution >= 4 is 46.8 Å². The number of hydrogen-bond acceptors (Lipinski definition) is 1. The minimum Gasteiger partial charge on any atom is -0.204 e. The first-order valence-electron chi connectivity index (χ1n) is 2.45. The molecule has 54 valence electrons. The van der Waals surface area contributed by atoms with Gasteiger partial charge in [-0.25, -0.2) is 4.39 Å². The molecular formula is C6H3ClFIS. The van der Waals surface area contributed by atoms with Crippen LogP contribution in [0.15, 0.2) is 17.0 Å². The van der Waals surface area contributed by atoms with Gasteiger partial charge in [0.25, 0.3) is 0 Å². The average molecular weight is 289 g/mol. The summed E-state index contributed by atoms with van der Waals surface area (Å²) in [4.78, 5) is 0.289. The molecular weight excluding hydrogens is 285 g/mol. The van der Waals surface area contributed by atoms with Crippen molar-refractivity contribution < 1.29 is 4.39 Å². The van der Waals surface area contributed by atoms with Crippen LogP contribution in [0.4, 0.5) is 4.39 Å². The molecule has 1 rings (SSSR count). The standard InChI is InChI=1S/C6H3ClFIS/c7-4-1-3(9)2-5(10)6(4)8/h1-2,10H. The summed E-state index contributed by atoms with van der Waals surface area (Å²) in [6.45, 7) is 0. The lowest BCUT2D eigenvalue weighted by molar-refractivity contribution is 0.602. The summed E-state index contributed by atoms with van der Waals surface area (Å²) >= 11 is 11.4. The third kappa shape index (κ3) is 1.77. The van der Waals surface area contributed by atoms with Crippen LogP contribution >= 0.6 is 46.8 Å². The number of benzene rings is 1. The Hall–Kier alpha value is 0.520. The van der Waals surface area contributed by atoms with Crippen molar-refractivity contribution in [2.75, 3.05) is 0 Å². The molecule has 0 saturated heterocycles. The van der Waals surface area contributed by atoms with Crippen LogP contribution in [0.1, 0.15) is 0 Å². The van der Waals surface area contributed by atoms with Crippen LogP contribution in [-0.2, 0) is 0 Å². The van der Waals surface area contributed by atoms with Crippen molar-refractivity contribution in [3.05, 3.63) is 26.5 Å². The summed E-state index contributed by atoms with van der Waals surface area (Å²) in [5.74, 6) is -0.453. The maximum Gasteiger partial charge on any atom is 0.155 e. The third-order valence-electron chi connectivity index (χ3n) is 0.974. The minimum atomic E-state index is -0.453. The van der Waals surface area contributed by atoms with Crippen molar-refractivity contribution in [2.45, 2.75) is 4.90 Å². The van der Waals surface area contributed by atoms with Crippen LogP contribution in [0, 0.1) is 9.39 Å². The Kier molecular flexibility index (Phi) is 2.82. The molecule has 0 aliphatic rings. The maximum atomic E-state index is 12.7. The van der Waals surface area contributed by atoms with Gasteiger partial charge in [-0.1, -0.05) is 11.6 Å². The normalized spacial score (nSPS) is 10.0. The summed E-state index contributed by atoms with van der Waals surface area (Å²) in [6.07, 6.45) is 0. The van der Waals surface area contributed by atoms with E-state index in [-0.39, 0.29) is 9.92 Å². The van der Waals surface area contributed by atoms with E-state index in [1.807, 2.05) is 22.6 Å². The molecule has 1 aromatic rings. The highest BCUT2D eigenvalue weighted by Crippen LogP contribution is 2.23. The number of thiol groups is 1. The topological polar surface area (TPSA) is 0 Å². The second kappa shape index (κ2) is 3.28. The zero-order chi connectivity index (χ0) is 7.72. The molecule has 4 heteroatoms. The van der Waals surface area contributed by atoms with Gasteiger partial charge < -0.3 is 0 Å². The van der Waals surface area contributed by atoms with Gasteiger partial charge in [-0.05, 0) is 34.7 Å². The Morgan fingerprint density at radius 2 is 2.10 bits per heavy atom. The highest BCUT2D eigenvalue weighted by Gasteiger charge is 2.03. The number of halogens is 3. The predicted molar refractivity (Wildman–Crippen MR) is 51.4 cm³/mol. The molecule has 0 bridgehead atoms. The molecule has 0 unspecified atom stereocenters. The van der Waals surface area contributed by atoms with Crippen LogP contribution in [-0.4, -0.2) is 0 Å². The minimum absolute atomic E-state index is 0.122. The van der Waals surface area contributed by atoms with Crippen LogP contribution in [0.2, 0.25) is 5.02 Å². The third-order valence-corrected chi connectivity index (χ3v) is 2.20. The van der Waals surface area contributed by atoms with Crippen molar-refractivity contribution in [3.63, 3.8) is 0 Å². The number of rotatable bonds is 0. The fraction of sp³-hybridized carbons (Fsp3) is 0. The van der Waals surface area contributed by atoms with Gasteiger partial charge in [-0.15, -0.1) is 12.6 Å². The van der Waals surface area contributed by atoms with Gasteiger partial charge in [-0.2, -0.15) is 0 Å². The maximum absolute atomic E-state index is 12.7. The predicted octanol–water partition coefficient (Wildman–Crippen LogP) is 3.37. The van der Waals surface area contributed by atoms with E-state index < -0.39 is 5.82 Å². The molecule has 1 aromatic carbocycles. The SMILES string of the molecule is Fc1c(S)cc(I)cc1Cl. The molecule has 0 radical (unpaired) electrons. The molecule has 0 spiro atoms. The average Bonchev–Trinajstić information content (AvgIpc) is 1.82. The Morgan fingerprint density at radius 1 is 1.50 bits per heavy atom. The second-order valence-electron chi connectivity index (χ2n) is 1.72. The van der Waals surface area contributed by atoms with E-state index in [9.17, 15) is 4.39 Å². The Bertz CT molecular complexity index is 241. The van der Waals surface area contributed by atoms with Crippen LogP contribution in [0.5, 0.6) is 0 Å². The highest BCUT2D eigenvalue weighted by atomic mass is 127.